The zero-order chi connectivity index (χ0) is 11.6. The summed E-state index contributed by atoms with van der Waals surface area (Å²) in [6.45, 7) is 3.38. The summed E-state index contributed by atoms with van der Waals surface area (Å²) in [5.41, 5.74) is -0.599. The minimum atomic E-state index is -0.943. The number of amides is 1. The van der Waals surface area contributed by atoms with Crippen LogP contribution in [-0.2, 0) is 0 Å². The molecule has 0 aliphatic rings. The first-order valence-electron chi connectivity index (χ1n) is 4.25. The number of hydrogen-bond acceptors (Lipinski definition) is 3. The lowest BCUT2D eigenvalue weighted by atomic mass is 10.1. The van der Waals surface area contributed by atoms with Crippen LogP contribution in [0.25, 0.3) is 0 Å². The number of rotatable bonds is 3. The molecule has 0 saturated heterocycles. The Labute approximate surface area is 102 Å². The Balaban J connectivity index is 2.66. The van der Waals surface area contributed by atoms with E-state index in [0.717, 1.165) is 11.3 Å². The van der Waals surface area contributed by atoms with Crippen LogP contribution in [-0.4, -0.2) is 23.2 Å². The molecule has 2 N–H and O–H groups in total. The van der Waals surface area contributed by atoms with E-state index < -0.39 is 5.60 Å². The maximum absolute atomic E-state index is 11.6. The molecule has 0 spiro atoms. The second kappa shape index (κ2) is 4.70. The third-order valence-electron chi connectivity index (χ3n) is 1.58. The third kappa shape index (κ3) is 3.99. The highest BCUT2D eigenvalue weighted by Crippen LogP contribution is 2.30. The van der Waals surface area contributed by atoms with E-state index >= 15 is 0 Å². The molecule has 0 unspecified atom stereocenters. The molecule has 1 aromatic heterocycles. The number of hydrogen-bond donors (Lipinski definition) is 2. The van der Waals surface area contributed by atoms with Crippen molar-refractivity contribution in [2.75, 3.05) is 6.54 Å². The normalized spacial score (nSPS) is 11.5. The van der Waals surface area contributed by atoms with Crippen molar-refractivity contribution in [3.05, 3.63) is 20.3 Å². The average Bonchev–Trinajstić information content (AvgIpc) is 2.40. The van der Waals surface area contributed by atoms with Crippen LogP contribution in [0.5, 0.6) is 0 Å². The molecule has 3 nitrogen and oxygen atoms in total. The van der Waals surface area contributed by atoms with Crippen molar-refractivity contribution in [2.45, 2.75) is 19.4 Å². The van der Waals surface area contributed by atoms with Gasteiger partial charge in [0.15, 0.2) is 0 Å². The molecule has 0 saturated carbocycles. The molecular formula is C9H11Cl2NO2S. The summed E-state index contributed by atoms with van der Waals surface area (Å²) >= 11 is 12.6. The molecule has 1 heterocycles. The Morgan fingerprint density at radius 2 is 2.20 bits per heavy atom. The van der Waals surface area contributed by atoms with Gasteiger partial charge in [0.1, 0.15) is 4.34 Å². The maximum atomic E-state index is 11.6. The fourth-order valence-electron chi connectivity index (χ4n) is 0.887. The predicted molar refractivity (Wildman–Crippen MR) is 63.0 cm³/mol. The molecule has 0 aromatic carbocycles. The van der Waals surface area contributed by atoms with E-state index in [-0.39, 0.29) is 12.5 Å². The Morgan fingerprint density at radius 1 is 1.60 bits per heavy atom. The van der Waals surface area contributed by atoms with Gasteiger partial charge in [-0.2, -0.15) is 0 Å². The third-order valence-corrected chi connectivity index (χ3v) is 3.07. The number of halogens is 2. The first-order chi connectivity index (χ1) is 6.79. The molecule has 0 bridgehead atoms. The smallest absolute Gasteiger partial charge is 0.253 e. The Bertz CT molecular complexity index is 371. The lowest BCUT2D eigenvalue weighted by Crippen LogP contribution is -2.38. The topological polar surface area (TPSA) is 49.3 Å². The fraction of sp³-hybridized carbons (Fsp3) is 0.444. The zero-order valence-corrected chi connectivity index (χ0v) is 10.6. The van der Waals surface area contributed by atoms with Gasteiger partial charge < -0.3 is 10.4 Å². The highest BCUT2D eigenvalue weighted by Gasteiger charge is 2.18. The van der Waals surface area contributed by atoms with Crippen LogP contribution in [0.3, 0.4) is 0 Å². The van der Waals surface area contributed by atoms with Gasteiger partial charge in [-0.15, -0.1) is 11.3 Å². The summed E-state index contributed by atoms with van der Waals surface area (Å²) in [6, 6.07) is 1.51. The van der Waals surface area contributed by atoms with Crippen molar-refractivity contribution in [1.29, 1.82) is 0 Å². The van der Waals surface area contributed by atoms with Crippen LogP contribution in [0.1, 0.15) is 24.2 Å². The summed E-state index contributed by atoms with van der Waals surface area (Å²) in [5.74, 6) is -0.328. The molecule has 6 heteroatoms. The number of nitrogens with one attached hydrogen (secondary N) is 1. The van der Waals surface area contributed by atoms with Crippen molar-refractivity contribution in [1.82, 2.24) is 5.32 Å². The highest BCUT2D eigenvalue weighted by atomic mass is 35.5. The minimum Gasteiger partial charge on any atom is -0.389 e. The molecule has 0 fully saturated rings. The molecule has 84 valence electrons. The van der Waals surface area contributed by atoms with Gasteiger partial charge in [0.05, 0.1) is 15.5 Å². The summed E-state index contributed by atoms with van der Waals surface area (Å²) < 4.78 is 0.821. The van der Waals surface area contributed by atoms with Crippen molar-refractivity contribution in [3.63, 3.8) is 0 Å². The van der Waals surface area contributed by atoms with E-state index in [1.807, 2.05) is 0 Å². The number of carbonyl (C=O) groups excluding carboxylic acids is 1. The second-order valence-corrected chi connectivity index (χ2v) is 6.02. The van der Waals surface area contributed by atoms with Crippen molar-refractivity contribution >= 4 is 40.4 Å². The molecule has 1 aromatic rings. The number of thiophene rings is 1. The molecule has 0 atom stereocenters. The Morgan fingerprint density at radius 3 is 2.60 bits per heavy atom. The van der Waals surface area contributed by atoms with Gasteiger partial charge in [0.25, 0.3) is 5.91 Å². The van der Waals surface area contributed by atoms with Crippen molar-refractivity contribution in [2.24, 2.45) is 0 Å². The molecule has 0 aliphatic carbocycles. The molecule has 1 rings (SSSR count). The average molecular weight is 268 g/mol. The lowest BCUT2D eigenvalue weighted by molar-refractivity contribution is 0.0694. The van der Waals surface area contributed by atoms with Crippen LogP contribution in [0.15, 0.2) is 6.07 Å². The highest BCUT2D eigenvalue weighted by molar-refractivity contribution is 7.20. The first kappa shape index (κ1) is 12.8. The molecule has 15 heavy (non-hydrogen) atoms. The summed E-state index contributed by atoms with van der Waals surface area (Å²) in [5, 5.41) is 12.0. The summed E-state index contributed by atoms with van der Waals surface area (Å²) in [4.78, 5) is 11.6. The van der Waals surface area contributed by atoms with Crippen LogP contribution in [0.4, 0.5) is 0 Å². The summed E-state index contributed by atoms with van der Waals surface area (Å²) in [7, 11) is 0. The standard InChI is InChI=1S/C9H11Cl2NO2S/c1-9(2,14)4-12-8(13)5-3-6(10)15-7(5)11/h3,14H,4H2,1-2H3,(H,12,13). The maximum Gasteiger partial charge on any atom is 0.253 e. The van der Waals surface area contributed by atoms with E-state index in [1.165, 1.54) is 6.07 Å². The number of aliphatic hydroxyl groups is 1. The van der Waals surface area contributed by atoms with Gasteiger partial charge >= 0.3 is 0 Å². The lowest BCUT2D eigenvalue weighted by Gasteiger charge is -2.17. The van der Waals surface area contributed by atoms with Gasteiger partial charge in [-0.1, -0.05) is 23.2 Å². The van der Waals surface area contributed by atoms with Crippen LogP contribution in [0.2, 0.25) is 8.67 Å². The van der Waals surface area contributed by atoms with Crippen LogP contribution >= 0.6 is 34.5 Å². The van der Waals surface area contributed by atoms with Crippen molar-refractivity contribution in [3.8, 4) is 0 Å². The zero-order valence-electron chi connectivity index (χ0n) is 8.30. The van der Waals surface area contributed by atoms with E-state index in [4.69, 9.17) is 23.2 Å². The minimum absolute atomic E-state index is 0.162. The van der Waals surface area contributed by atoms with E-state index in [2.05, 4.69) is 5.32 Å². The second-order valence-electron chi connectivity index (χ2n) is 3.73. The predicted octanol–water partition coefficient (Wildman–Crippen LogP) is 2.56. The van der Waals surface area contributed by atoms with Gasteiger partial charge in [-0.05, 0) is 19.9 Å². The van der Waals surface area contributed by atoms with E-state index in [1.54, 1.807) is 13.8 Å². The molecule has 0 aliphatic heterocycles. The molecular weight excluding hydrogens is 257 g/mol. The quantitative estimate of drug-likeness (QED) is 0.885. The number of carbonyl (C=O) groups is 1. The SMILES string of the molecule is CC(C)(O)CNC(=O)c1cc(Cl)sc1Cl. The monoisotopic (exact) mass is 267 g/mol. The van der Waals surface area contributed by atoms with Crippen LogP contribution in [0, 0.1) is 0 Å². The van der Waals surface area contributed by atoms with Gasteiger partial charge in [-0.3, -0.25) is 4.79 Å². The molecule has 1 amide bonds. The Hall–Kier alpha value is -0.290. The largest absolute Gasteiger partial charge is 0.389 e. The van der Waals surface area contributed by atoms with Gasteiger partial charge in [-0.25, -0.2) is 0 Å². The summed E-state index contributed by atoms with van der Waals surface area (Å²) in [6.07, 6.45) is 0. The first-order valence-corrected chi connectivity index (χ1v) is 5.82. The Kier molecular flexibility index (Phi) is 4.00. The molecule has 0 radical (unpaired) electrons. The van der Waals surface area contributed by atoms with Gasteiger partial charge in [0.2, 0.25) is 0 Å². The fourth-order valence-corrected chi connectivity index (χ4v) is 2.35. The van der Waals surface area contributed by atoms with Crippen LogP contribution < -0.4 is 5.32 Å². The van der Waals surface area contributed by atoms with E-state index in [9.17, 15) is 9.90 Å². The van der Waals surface area contributed by atoms with Crippen molar-refractivity contribution < 1.29 is 9.90 Å². The van der Waals surface area contributed by atoms with Gasteiger partial charge in [0, 0.05) is 6.54 Å². The van der Waals surface area contributed by atoms with E-state index in [0.29, 0.717) is 14.2 Å².